The van der Waals surface area contributed by atoms with Gasteiger partial charge in [0, 0.05) is 24.8 Å². The Morgan fingerprint density at radius 1 is 1.14 bits per heavy atom. The van der Waals surface area contributed by atoms with Crippen LogP contribution in [0.15, 0.2) is 42.5 Å². The Hall–Kier alpha value is -3.03. The number of hydrogen-bond acceptors (Lipinski definition) is 3. The van der Waals surface area contributed by atoms with E-state index in [1.807, 2.05) is 12.1 Å². The summed E-state index contributed by atoms with van der Waals surface area (Å²) in [6.45, 7) is 2.21. The highest BCUT2D eigenvalue weighted by molar-refractivity contribution is 5.95. The molecule has 0 atom stereocenters. The number of nitrogens with zero attached hydrogens (tertiary/aromatic N) is 1. The topological polar surface area (TPSA) is 58.6 Å². The molecular weight excluding hydrogens is 373 g/mol. The highest BCUT2D eigenvalue weighted by atomic mass is 19.4. The van der Waals surface area contributed by atoms with Crippen molar-refractivity contribution in [2.45, 2.75) is 32.5 Å². The van der Waals surface area contributed by atoms with E-state index in [-0.39, 0.29) is 24.0 Å². The summed E-state index contributed by atoms with van der Waals surface area (Å²) in [5.41, 5.74) is 3.03. The van der Waals surface area contributed by atoms with Gasteiger partial charge in [-0.05, 0) is 54.3 Å². The Morgan fingerprint density at radius 3 is 2.50 bits per heavy atom. The number of carbonyl (C=O) groups is 2. The van der Waals surface area contributed by atoms with Crippen LogP contribution in [0.2, 0.25) is 0 Å². The van der Waals surface area contributed by atoms with Crippen LogP contribution in [0.5, 0.6) is 5.75 Å². The molecule has 1 aliphatic rings. The molecule has 8 heteroatoms. The van der Waals surface area contributed by atoms with E-state index in [1.54, 1.807) is 11.0 Å². The van der Waals surface area contributed by atoms with Crippen LogP contribution in [0.25, 0.3) is 0 Å². The van der Waals surface area contributed by atoms with Crippen LogP contribution in [-0.4, -0.2) is 24.7 Å². The van der Waals surface area contributed by atoms with Crippen molar-refractivity contribution in [2.75, 3.05) is 16.8 Å². The third-order valence-electron chi connectivity index (χ3n) is 4.38. The predicted molar refractivity (Wildman–Crippen MR) is 98.2 cm³/mol. The molecule has 0 aliphatic carbocycles. The summed E-state index contributed by atoms with van der Waals surface area (Å²) in [6.07, 6.45) is -3.05. The molecular formula is C20H19F3N2O3. The summed E-state index contributed by atoms with van der Waals surface area (Å²) < 4.78 is 40.3. The SMILES string of the molecule is CC(=O)N1CCCc2cc(NC(=O)Cc3ccc(OC(F)(F)F)cc3)ccc21. The number of rotatable bonds is 4. The van der Waals surface area contributed by atoms with Crippen LogP contribution in [0.3, 0.4) is 0 Å². The first-order valence-corrected chi connectivity index (χ1v) is 8.77. The van der Waals surface area contributed by atoms with Gasteiger partial charge in [0.05, 0.1) is 6.42 Å². The molecule has 1 N–H and O–H groups in total. The van der Waals surface area contributed by atoms with Gasteiger partial charge in [-0.2, -0.15) is 0 Å². The molecule has 0 radical (unpaired) electrons. The van der Waals surface area contributed by atoms with Crippen molar-refractivity contribution >= 4 is 23.2 Å². The molecule has 2 aromatic carbocycles. The fraction of sp³-hybridized carbons (Fsp3) is 0.300. The minimum atomic E-state index is -4.75. The van der Waals surface area contributed by atoms with Crippen molar-refractivity contribution in [3.63, 3.8) is 0 Å². The van der Waals surface area contributed by atoms with E-state index in [0.29, 0.717) is 17.8 Å². The van der Waals surface area contributed by atoms with E-state index < -0.39 is 6.36 Å². The summed E-state index contributed by atoms with van der Waals surface area (Å²) in [5, 5.41) is 2.78. The van der Waals surface area contributed by atoms with Crippen LogP contribution >= 0.6 is 0 Å². The Morgan fingerprint density at radius 2 is 1.86 bits per heavy atom. The number of amides is 2. The van der Waals surface area contributed by atoms with Crippen molar-refractivity contribution in [3.05, 3.63) is 53.6 Å². The standard InChI is InChI=1S/C20H19F3N2O3/c1-13(26)25-10-2-3-15-12-16(6-9-18(15)25)24-19(27)11-14-4-7-17(8-5-14)28-20(21,22)23/h4-9,12H,2-3,10-11H2,1H3,(H,24,27). The van der Waals surface area contributed by atoms with Gasteiger partial charge in [0.2, 0.25) is 11.8 Å². The van der Waals surface area contributed by atoms with Gasteiger partial charge in [-0.25, -0.2) is 0 Å². The zero-order chi connectivity index (χ0) is 20.3. The molecule has 0 spiro atoms. The second-order valence-corrected chi connectivity index (χ2v) is 6.53. The molecule has 1 heterocycles. The van der Waals surface area contributed by atoms with Crippen molar-refractivity contribution < 1.29 is 27.5 Å². The number of fused-ring (bicyclic) bond motifs is 1. The van der Waals surface area contributed by atoms with Gasteiger partial charge in [-0.15, -0.1) is 13.2 Å². The summed E-state index contributed by atoms with van der Waals surface area (Å²) >= 11 is 0. The summed E-state index contributed by atoms with van der Waals surface area (Å²) in [5.74, 6) is -0.638. The van der Waals surface area contributed by atoms with Gasteiger partial charge in [-0.3, -0.25) is 9.59 Å². The summed E-state index contributed by atoms with van der Waals surface area (Å²) in [6, 6.07) is 10.6. The molecule has 2 aromatic rings. The lowest BCUT2D eigenvalue weighted by molar-refractivity contribution is -0.274. The molecule has 0 saturated carbocycles. The molecule has 0 fully saturated rings. The fourth-order valence-corrected chi connectivity index (χ4v) is 3.20. The Bertz CT molecular complexity index is 879. The van der Waals surface area contributed by atoms with Gasteiger partial charge in [0.1, 0.15) is 5.75 Å². The highest BCUT2D eigenvalue weighted by Gasteiger charge is 2.31. The molecule has 0 saturated heterocycles. The molecule has 0 unspecified atom stereocenters. The first kappa shape index (κ1) is 19.7. The number of carbonyl (C=O) groups excluding carboxylic acids is 2. The third-order valence-corrected chi connectivity index (χ3v) is 4.38. The Balaban J connectivity index is 1.63. The van der Waals surface area contributed by atoms with Crippen LogP contribution in [0.4, 0.5) is 24.5 Å². The lowest BCUT2D eigenvalue weighted by atomic mass is 10.0. The average Bonchev–Trinajstić information content (AvgIpc) is 2.61. The second-order valence-electron chi connectivity index (χ2n) is 6.53. The number of halogens is 3. The Labute approximate surface area is 160 Å². The molecule has 0 bridgehead atoms. The lowest BCUT2D eigenvalue weighted by Gasteiger charge is -2.29. The van der Waals surface area contributed by atoms with E-state index in [4.69, 9.17) is 0 Å². The van der Waals surface area contributed by atoms with Crippen molar-refractivity contribution in [1.29, 1.82) is 0 Å². The average molecular weight is 392 g/mol. The molecule has 2 amide bonds. The minimum absolute atomic E-state index is 0.0168. The molecule has 1 aliphatic heterocycles. The van der Waals surface area contributed by atoms with E-state index >= 15 is 0 Å². The molecule has 0 aromatic heterocycles. The number of hydrogen-bond donors (Lipinski definition) is 1. The minimum Gasteiger partial charge on any atom is -0.406 e. The number of nitrogens with one attached hydrogen (secondary N) is 1. The first-order valence-electron chi connectivity index (χ1n) is 8.77. The zero-order valence-corrected chi connectivity index (χ0v) is 15.2. The maximum atomic E-state index is 12.2. The van der Waals surface area contributed by atoms with E-state index in [2.05, 4.69) is 10.1 Å². The smallest absolute Gasteiger partial charge is 0.406 e. The maximum absolute atomic E-state index is 12.2. The number of aryl methyl sites for hydroxylation is 1. The molecule has 5 nitrogen and oxygen atoms in total. The quantitative estimate of drug-likeness (QED) is 0.854. The van der Waals surface area contributed by atoms with Gasteiger partial charge >= 0.3 is 6.36 Å². The second kappa shape index (κ2) is 7.92. The van der Waals surface area contributed by atoms with Gasteiger partial charge < -0.3 is 15.0 Å². The van der Waals surface area contributed by atoms with Crippen molar-refractivity contribution in [2.24, 2.45) is 0 Å². The number of anilines is 2. The molecule has 28 heavy (non-hydrogen) atoms. The molecule has 148 valence electrons. The summed E-state index contributed by atoms with van der Waals surface area (Å²) in [4.78, 5) is 25.7. The van der Waals surface area contributed by atoms with Gasteiger partial charge in [-0.1, -0.05) is 12.1 Å². The van der Waals surface area contributed by atoms with E-state index in [9.17, 15) is 22.8 Å². The lowest BCUT2D eigenvalue weighted by Crippen LogP contribution is -2.33. The Kier molecular flexibility index (Phi) is 5.58. The van der Waals surface area contributed by atoms with Crippen LogP contribution in [0.1, 0.15) is 24.5 Å². The summed E-state index contributed by atoms with van der Waals surface area (Å²) in [7, 11) is 0. The van der Waals surface area contributed by atoms with Crippen LogP contribution in [0, 0.1) is 0 Å². The van der Waals surface area contributed by atoms with Crippen molar-refractivity contribution in [3.8, 4) is 5.75 Å². The zero-order valence-electron chi connectivity index (χ0n) is 15.2. The fourth-order valence-electron chi connectivity index (χ4n) is 3.20. The van der Waals surface area contributed by atoms with E-state index in [1.165, 1.54) is 31.2 Å². The molecule has 3 rings (SSSR count). The largest absolute Gasteiger partial charge is 0.573 e. The van der Waals surface area contributed by atoms with Gasteiger partial charge in [0.25, 0.3) is 0 Å². The van der Waals surface area contributed by atoms with Crippen molar-refractivity contribution in [1.82, 2.24) is 0 Å². The van der Waals surface area contributed by atoms with Gasteiger partial charge in [0.15, 0.2) is 0 Å². The van der Waals surface area contributed by atoms with Crippen LogP contribution < -0.4 is 15.0 Å². The predicted octanol–water partition coefficient (Wildman–Crippen LogP) is 4.07. The van der Waals surface area contributed by atoms with Crippen LogP contribution in [-0.2, 0) is 22.4 Å². The maximum Gasteiger partial charge on any atom is 0.573 e. The number of ether oxygens (including phenoxy) is 1. The van der Waals surface area contributed by atoms with E-state index in [0.717, 1.165) is 24.1 Å². The first-order chi connectivity index (χ1) is 13.2. The third kappa shape index (κ3) is 5.03. The number of alkyl halides is 3. The monoisotopic (exact) mass is 392 g/mol. The highest BCUT2D eigenvalue weighted by Crippen LogP contribution is 2.30. The number of benzene rings is 2. The normalized spacial score (nSPS) is 13.6.